The average molecular weight is 365 g/mol. The maximum absolute atomic E-state index is 12.2. The molecule has 0 aliphatic rings. The number of carbonyl (C=O) groups excluding carboxylic acids is 2. The lowest BCUT2D eigenvalue weighted by Crippen LogP contribution is -2.30. The number of esters is 1. The summed E-state index contributed by atoms with van der Waals surface area (Å²) >= 11 is 3.41. The molecule has 2 aromatic rings. The second kappa shape index (κ2) is 6.79. The Kier molecular flexibility index (Phi) is 5.03. The Balaban J connectivity index is 2.29. The molecule has 0 fully saturated rings. The highest BCUT2D eigenvalue weighted by Crippen LogP contribution is 2.22. The minimum Gasteiger partial charge on any atom is -0.468 e. The van der Waals surface area contributed by atoms with Gasteiger partial charge in [0.1, 0.15) is 6.54 Å². The van der Waals surface area contributed by atoms with Crippen molar-refractivity contribution in [3.63, 3.8) is 0 Å². The Hall–Kier alpha value is -2.08. The number of nitrogens with one attached hydrogen (secondary N) is 1. The van der Waals surface area contributed by atoms with Crippen molar-refractivity contribution in [2.75, 3.05) is 13.7 Å². The van der Waals surface area contributed by atoms with Gasteiger partial charge in [0, 0.05) is 21.5 Å². The number of rotatable bonds is 4. The van der Waals surface area contributed by atoms with Crippen LogP contribution in [0.3, 0.4) is 0 Å². The summed E-state index contributed by atoms with van der Waals surface area (Å²) in [5.41, 5.74) is 3.29. The number of amides is 1. The Morgan fingerprint density at radius 1 is 1.23 bits per heavy atom. The van der Waals surface area contributed by atoms with E-state index in [2.05, 4.69) is 26.0 Å². The van der Waals surface area contributed by atoms with Crippen LogP contribution >= 0.6 is 15.9 Å². The topological polar surface area (TPSA) is 60.3 Å². The van der Waals surface area contributed by atoms with Crippen molar-refractivity contribution >= 4 is 27.8 Å². The maximum Gasteiger partial charge on any atom is 0.325 e. The molecule has 1 aromatic carbocycles. The number of nitrogens with zero attached hydrogens (tertiary/aromatic N) is 1. The number of hydrogen-bond donors (Lipinski definition) is 1. The van der Waals surface area contributed by atoms with Gasteiger partial charge in [-0.1, -0.05) is 15.9 Å². The minimum absolute atomic E-state index is 0.142. The molecule has 0 spiro atoms. The minimum atomic E-state index is -0.477. The first-order valence-corrected chi connectivity index (χ1v) is 7.53. The molecule has 0 radical (unpaired) electrons. The largest absolute Gasteiger partial charge is 0.468 e. The van der Waals surface area contributed by atoms with E-state index in [1.807, 2.05) is 48.7 Å². The molecular formula is C16H17BrN2O3. The smallest absolute Gasteiger partial charge is 0.325 e. The predicted molar refractivity (Wildman–Crippen MR) is 87.3 cm³/mol. The molecule has 5 nitrogen and oxygen atoms in total. The molecule has 0 bridgehead atoms. The summed E-state index contributed by atoms with van der Waals surface area (Å²) in [5, 5.41) is 2.56. The molecule has 6 heteroatoms. The highest BCUT2D eigenvalue weighted by molar-refractivity contribution is 9.10. The van der Waals surface area contributed by atoms with E-state index >= 15 is 0 Å². The van der Waals surface area contributed by atoms with Gasteiger partial charge in [-0.05, 0) is 44.2 Å². The third-order valence-corrected chi connectivity index (χ3v) is 3.91. The van der Waals surface area contributed by atoms with Crippen LogP contribution in [0.5, 0.6) is 0 Å². The SMILES string of the molecule is COC(=O)CNC(=O)c1cc(C)n(-c2ccc(Br)cc2)c1C. The molecule has 1 aromatic heterocycles. The van der Waals surface area contributed by atoms with Gasteiger partial charge < -0.3 is 14.6 Å². The highest BCUT2D eigenvalue weighted by Gasteiger charge is 2.17. The highest BCUT2D eigenvalue weighted by atomic mass is 79.9. The van der Waals surface area contributed by atoms with E-state index in [-0.39, 0.29) is 12.5 Å². The van der Waals surface area contributed by atoms with Gasteiger partial charge in [0.25, 0.3) is 5.91 Å². The van der Waals surface area contributed by atoms with Crippen LogP contribution in [-0.2, 0) is 9.53 Å². The number of aryl methyl sites for hydroxylation is 1. The second-order valence-corrected chi connectivity index (χ2v) is 5.77. The summed E-state index contributed by atoms with van der Waals surface area (Å²) in [6, 6.07) is 9.65. The first-order valence-electron chi connectivity index (χ1n) is 6.74. The third-order valence-electron chi connectivity index (χ3n) is 3.38. The predicted octanol–water partition coefficient (Wildman–Crippen LogP) is 2.76. The van der Waals surface area contributed by atoms with E-state index in [4.69, 9.17) is 0 Å². The van der Waals surface area contributed by atoms with E-state index < -0.39 is 5.97 Å². The number of carbonyl (C=O) groups is 2. The Morgan fingerprint density at radius 2 is 1.86 bits per heavy atom. The van der Waals surface area contributed by atoms with E-state index in [1.165, 1.54) is 7.11 Å². The van der Waals surface area contributed by atoms with Crippen molar-refractivity contribution in [3.05, 3.63) is 51.8 Å². The zero-order valence-electron chi connectivity index (χ0n) is 12.6. The fraction of sp³-hybridized carbons (Fsp3) is 0.250. The number of aromatic nitrogens is 1. The molecule has 2 rings (SSSR count). The lowest BCUT2D eigenvalue weighted by Gasteiger charge is -2.10. The lowest BCUT2D eigenvalue weighted by atomic mass is 10.2. The van der Waals surface area contributed by atoms with Crippen molar-refractivity contribution in [2.24, 2.45) is 0 Å². The monoisotopic (exact) mass is 364 g/mol. The number of benzene rings is 1. The summed E-state index contributed by atoms with van der Waals surface area (Å²) < 4.78 is 7.51. The van der Waals surface area contributed by atoms with Gasteiger partial charge in [0.2, 0.25) is 0 Å². The van der Waals surface area contributed by atoms with Crippen LogP contribution in [0.15, 0.2) is 34.8 Å². The number of ether oxygens (including phenoxy) is 1. The van der Waals surface area contributed by atoms with Crippen LogP contribution in [0.25, 0.3) is 5.69 Å². The lowest BCUT2D eigenvalue weighted by molar-refractivity contribution is -0.139. The zero-order valence-corrected chi connectivity index (χ0v) is 14.2. The van der Waals surface area contributed by atoms with Gasteiger partial charge in [-0.25, -0.2) is 0 Å². The molecule has 0 saturated carbocycles. The fourth-order valence-electron chi connectivity index (χ4n) is 2.30. The van der Waals surface area contributed by atoms with Crippen LogP contribution in [0.4, 0.5) is 0 Å². The van der Waals surface area contributed by atoms with Gasteiger partial charge in [-0.2, -0.15) is 0 Å². The molecule has 1 amide bonds. The normalized spacial score (nSPS) is 10.4. The van der Waals surface area contributed by atoms with E-state index in [0.717, 1.165) is 21.5 Å². The Morgan fingerprint density at radius 3 is 2.45 bits per heavy atom. The van der Waals surface area contributed by atoms with Crippen LogP contribution < -0.4 is 5.32 Å². The second-order valence-electron chi connectivity index (χ2n) is 4.86. The maximum atomic E-state index is 12.2. The number of methoxy groups -OCH3 is 1. The van der Waals surface area contributed by atoms with Gasteiger partial charge >= 0.3 is 5.97 Å². The molecule has 22 heavy (non-hydrogen) atoms. The summed E-state index contributed by atoms with van der Waals surface area (Å²) in [4.78, 5) is 23.3. The van der Waals surface area contributed by atoms with E-state index in [0.29, 0.717) is 5.56 Å². The van der Waals surface area contributed by atoms with Crippen molar-refractivity contribution in [1.82, 2.24) is 9.88 Å². The molecule has 1 N–H and O–H groups in total. The van der Waals surface area contributed by atoms with Crippen LogP contribution in [-0.4, -0.2) is 30.1 Å². The summed E-state index contributed by atoms with van der Waals surface area (Å²) in [7, 11) is 1.29. The van der Waals surface area contributed by atoms with Crippen molar-refractivity contribution in [1.29, 1.82) is 0 Å². The average Bonchev–Trinajstić information content (AvgIpc) is 2.80. The standard InChI is InChI=1S/C16H17BrN2O3/c1-10-8-14(16(21)18-9-15(20)22-3)11(2)19(10)13-6-4-12(17)5-7-13/h4-8H,9H2,1-3H3,(H,18,21). The Labute approximate surface area is 137 Å². The quantitative estimate of drug-likeness (QED) is 0.848. The zero-order chi connectivity index (χ0) is 16.3. The van der Waals surface area contributed by atoms with Crippen molar-refractivity contribution < 1.29 is 14.3 Å². The fourth-order valence-corrected chi connectivity index (χ4v) is 2.56. The number of halogens is 1. The molecule has 0 aliphatic carbocycles. The molecule has 0 atom stereocenters. The summed E-state index contributed by atoms with van der Waals surface area (Å²) in [5.74, 6) is -0.767. The summed E-state index contributed by atoms with van der Waals surface area (Å²) in [6.07, 6.45) is 0. The van der Waals surface area contributed by atoms with E-state index in [9.17, 15) is 9.59 Å². The first kappa shape index (κ1) is 16.3. The summed E-state index contributed by atoms with van der Waals surface area (Å²) in [6.45, 7) is 3.67. The van der Waals surface area contributed by atoms with Gasteiger partial charge in [-0.15, -0.1) is 0 Å². The molecular weight excluding hydrogens is 348 g/mol. The van der Waals surface area contributed by atoms with Crippen LogP contribution in [0, 0.1) is 13.8 Å². The van der Waals surface area contributed by atoms with Gasteiger partial charge in [-0.3, -0.25) is 9.59 Å². The third kappa shape index (κ3) is 3.39. The van der Waals surface area contributed by atoms with Crippen molar-refractivity contribution in [2.45, 2.75) is 13.8 Å². The molecule has 116 valence electrons. The van der Waals surface area contributed by atoms with Gasteiger partial charge in [0.15, 0.2) is 0 Å². The van der Waals surface area contributed by atoms with Crippen LogP contribution in [0.1, 0.15) is 21.7 Å². The van der Waals surface area contributed by atoms with Crippen LogP contribution in [0.2, 0.25) is 0 Å². The number of hydrogen-bond acceptors (Lipinski definition) is 3. The van der Waals surface area contributed by atoms with Gasteiger partial charge in [0.05, 0.1) is 12.7 Å². The molecule has 0 saturated heterocycles. The van der Waals surface area contributed by atoms with Crippen molar-refractivity contribution in [3.8, 4) is 5.69 Å². The Bertz CT molecular complexity index is 705. The molecule has 1 heterocycles. The molecule has 0 unspecified atom stereocenters. The first-order chi connectivity index (χ1) is 10.4. The van der Waals surface area contributed by atoms with E-state index in [1.54, 1.807) is 0 Å². The molecule has 0 aliphatic heterocycles.